The molecular weight excluding hydrogens is 346 g/mol. The number of amides is 1. The Labute approximate surface area is 157 Å². The molecule has 4 N–H and O–H groups in total. The quantitative estimate of drug-likeness (QED) is 0.429. The number of carbonyl (C=O) groups is 1. The van der Waals surface area contributed by atoms with Crippen molar-refractivity contribution in [2.75, 3.05) is 5.32 Å². The van der Waals surface area contributed by atoms with Crippen molar-refractivity contribution in [1.29, 1.82) is 5.26 Å². The van der Waals surface area contributed by atoms with Gasteiger partial charge in [0, 0.05) is 5.69 Å². The Morgan fingerprint density at radius 1 is 1.15 bits per heavy atom. The van der Waals surface area contributed by atoms with Crippen LogP contribution < -0.4 is 16.5 Å². The molecule has 1 unspecified atom stereocenters. The van der Waals surface area contributed by atoms with Gasteiger partial charge in [-0.05, 0) is 42.8 Å². The van der Waals surface area contributed by atoms with E-state index in [1.54, 1.807) is 24.3 Å². The monoisotopic (exact) mass is 365 g/mol. The summed E-state index contributed by atoms with van der Waals surface area (Å²) in [4.78, 5) is 12.9. The topological polar surface area (TPSA) is 103 Å². The van der Waals surface area contributed by atoms with Crippen LogP contribution in [0, 0.1) is 25.2 Å². The molecule has 0 saturated carbocycles. The van der Waals surface area contributed by atoms with Gasteiger partial charge in [0.1, 0.15) is 11.6 Å². The van der Waals surface area contributed by atoms with Crippen molar-refractivity contribution in [2.24, 2.45) is 10.8 Å². The Kier molecular flexibility index (Phi) is 6.42. The Balaban J connectivity index is 2.41. The molecule has 1 amide bonds. The summed E-state index contributed by atoms with van der Waals surface area (Å²) in [5.74, 6) is -1.37. The van der Waals surface area contributed by atoms with E-state index >= 15 is 0 Å². The zero-order valence-corrected chi connectivity index (χ0v) is 15.3. The number of benzene rings is 2. The average Bonchev–Trinajstić information content (AvgIpc) is 2.62. The molecule has 132 valence electrons. The van der Waals surface area contributed by atoms with Gasteiger partial charge in [0.05, 0.1) is 6.07 Å². The fourth-order valence-corrected chi connectivity index (χ4v) is 2.54. The normalized spacial score (nSPS) is 12.0. The van der Waals surface area contributed by atoms with E-state index in [1.807, 2.05) is 38.1 Å². The summed E-state index contributed by atoms with van der Waals surface area (Å²) in [6, 6.07) is 16.8. The first kappa shape index (κ1) is 19.1. The highest BCUT2D eigenvalue weighted by atomic mass is 32.1. The third-order valence-corrected chi connectivity index (χ3v) is 3.87. The number of hydrogen-bond donors (Lipinski definition) is 3. The molecule has 6 nitrogen and oxygen atoms in total. The summed E-state index contributed by atoms with van der Waals surface area (Å²) < 4.78 is 0. The molecule has 0 aliphatic carbocycles. The Bertz CT molecular complexity index is 866. The van der Waals surface area contributed by atoms with Crippen molar-refractivity contribution < 1.29 is 4.79 Å². The number of hydrazone groups is 1. The summed E-state index contributed by atoms with van der Waals surface area (Å²) in [5.41, 5.74) is 11.0. The van der Waals surface area contributed by atoms with Gasteiger partial charge in [-0.1, -0.05) is 48.5 Å². The van der Waals surface area contributed by atoms with Crippen LogP contribution in [0.4, 0.5) is 5.69 Å². The van der Waals surface area contributed by atoms with Gasteiger partial charge in [0.25, 0.3) is 5.91 Å². The first-order valence-electron chi connectivity index (χ1n) is 7.89. The summed E-state index contributed by atoms with van der Waals surface area (Å²) in [5, 5.41) is 16.4. The summed E-state index contributed by atoms with van der Waals surface area (Å²) in [6.45, 7) is 3.79. The lowest BCUT2D eigenvalue weighted by Crippen LogP contribution is -2.33. The number of para-hydroxylation sites is 1. The Morgan fingerprint density at radius 3 is 2.31 bits per heavy atom. The molecule has 7 heteroatoms. The van der Waals surface area contributed by atoms with Crippen LogP contribution in [0.5, 0.6) is 0 Å². The van der Waals surface area contributed by atoms with Crippen molar-refractivity contribution in [3.05, 3.63) is 65.2 Å². The highest BCUT2D eigenvalue weighted by Crippen LogP contribution is 2.22. The van der Waals surface area contributed by atoms with Crippen LogP contribution in [0.3, 0.4) is 0 Å². The van der Waals surface area contributed by atoms with Gasteiger partial charge in [-0.2, -0.15) is 10.4 Å². The lowest BCUT2D eigenvalue weighted by Gasteiger charge is -2.16. The van der Waals surface area contributed by atoms with E-state index in [0.29, 0.717) is 11.3 Å². The second kappa shape index (κ2) is 8.74. The van der Waals surface area contributed by atoms with Crippen molar-refractivity contribution in [1.82, 2.24) is 5.43 Å². The molecule has 2 aromatic carbocycles. The summed E-state index contributed by atoms with van der Waals surface area (Å²) in [6.07, 6.45) is 0. The van der Waals surface area contributed by atoms with Crippen LogP contribution in [0.15, 0.2) is 53.6 Å². The molecule has 0 saturated heterocycles. The maximum absolute atomic E-state index is 12.9. The molecule has 0 heterocycles. The number of rotatable bonds is 5. The molecule has 0 spiro atoms. The number of nitrogens with zero attached hydrogens (tertiary/aromatic N) is 2. The zero-order valence-electron chi connectivity index (χ0n) is 14.5. The number of thiocarbonyl (C=S) groups is 1. The Morgan fingerprint density at radius 2 is 1.77 bits per heavy atom. The van der Waals surface area contributed by atoms with Gasteiger partial charge in [0.2, 0.25) is 0 Å². The van der Waals surface area contributed by atoms with E-state index in [9.17, 15) is 10.1 Å². The van der Waals surface area contributed by atoms with E-state index in [-0.39, 0.29) is 10.8 Å². The number of hydrogen-bond acceptors (Lipinski definition) is 4. The van der Waals surface area contributed by atoms with E-state index in [2.05, 4.69) is 21.9 Å². The molecule has 26 heavy (non-hydrogen) atoms. The standard InChI is InChI=1S/C19H19N5OS/c1-12-7-6-8-13(2)16(12)22-18(25)17(23-24-19(21)26)15(11-20)14-9-4-3-5-10-14/h3-10,15H,1-2H3,(H,22,25)(H3,21,24,26). The van der Waals surface area contributed by atoms with Crippen molar-refractivity contribution in [3.63, 3.8) is 0 Å². The first-order valence-corrected chi connectivity index (χ1v) is 8.30. The van der Waals surface area contributed by atoms with Crippen molar-refractivity contribution >= 4 is 34.6 Å². The number of nitrogens with one attached hydrogen (secondary N) is 2. The largest absolute Gasteiger partial charge is 0.375 e. The predicted molar refractivity (Wildman–Crippen MR) is 107 cm³/mol. The molecule has 0 radical (unpaired) electrons. The molecular formula is C19H19N5OS. The third kappa shape index (κ3) is 4.65. The average molecular weight is 365 g/mol. The van der Waals surface area contributed by atoms with Gasteiger partial charge in [-0.25, -0.2) is 0 Å². The smallest absolute Gasteiger partial charge is 0.273 e. The maximum Gasteiger partial charge on any atom is 0.273 e. The van der Waals surface area contributed by atoms with Crippen LogP contribution in [0.1, 0.15) is 22.6 Å². The lowest BCUT2D eigenvalue weighted by atomic mass is 9.94. The van der Waals surface area contributed by atoms with Crippen molar-refractivity contribution in [2.45, 2.75) is 19.8 Å². The minimum atomic E-state index is -0.873. The number of aryl methyl sites for hydroxylation is 2. The molecule has 0 bridgehead atoms. The van der Waals surface area contributed by atoms with Crippen LogP contribution in [-0.4, -0.2) is 16.7 Å². The molecule has 2 aromatic rings. The molecule has 1 atom stereocenters. The van der Waals surface area contributed by atoms with Gasteiger partial charge in [-0.15, -0.1) is 0 Å². The van der Waals surface area contributed by atoms with Crippen LogP contribution in [-0.2, 0) is 4.79 Å². The minimum Gasteiger partial charge on any atom is -0.375 e. The molecule has 0 aliphatic rings. The lowest BCUT2D eigenvalue weighted by molar-refractivity contribution is -0.110. The van der Waals surface area contributed by atoms with Crippen LogP contribution >= 0.6 is 12.2 Å². The fourth-order valence-electron chi connectivity index (χ4n) is 2.49. The van der Waals surface area contributed by atoms with Gasteiger partial charge >= 0.3 is 0 Å². The van der Waals surface area contributed by atoms with Gasteiger partial charge in [-0.3, -0.25) is 10.2 Å². The van der Waals surface area contributed by atoms with Crippen LogP contribution in [0.25, 0.3) is 0 Å². The second-order valence-electron chi connectivity index (χ2n) is 5.67. The Hall–Kier alpha value is -3.24. The van der Waals surface area contributed by atoms with E-state index in [1.165, 1.54) is 0 Å². The number of anilines is 1. The first-order chi connectivity index (χ1) is 12.4. The highest BCUT2D eigenvalue weighted by Gasteiger charge is 2.26. The number of nitrogens with two attached hydrogens (primary N) is 1. The molecule has 2 rings (SSSR count). The molecule has 0 fully saturated rings. The second-order valence-corrected chi connectivity index (χ2v) is 6.11. The molecule has 0 aromatic heterocycles. The molecule has 0 aliphatic heterocycles. The van der Waals surface area contributed by atoms with E-state index in [4.69, 9.17) is 18.0 Å². The van der Waals surface area contributed by atoms with Crippen LogP contribution in [0.2, 0.25) is 0 Å². The number of carbonyl (C=O) groups excluding carboxylic acids is 1. The summed E-state index contributed by atoms with van der Waals surface area (Å²) in [7, 11) is 0. The van der Waals surface area contributed by atoms with Crippen molar-refractivity contribution in [3.8, 4) is 6.07 Å². The highest BCUT2D eigenvalue weighted by molar-refractivity contribution is 7.80. The SMILES string of the molecule is Cc1cccc(C)c1NC(=O)C(=NNC(N)=S)C(C#N)c1ccccc1. The van der Waals surface area contributed by atoms with E-state index < -0.39 is 11.8 Å². The predicted octanol–water partition coefficient (Wildman–Crippen LogP) is 2.74. The summed E-state index contributed by atoms with van der Waals surface area (Å²) >= 11 is 4.76. The van der Waals surface area contributed by atoms with Gasteiger partial charge < -0.3 is 11.1 Å². The third-order valence-electron chi connectivity index (χ3n) is 3.77. The fraction of sp³-hybridized carbons (Fsp3) is 0.158. The zero-order chi connectivity index (χ0) is 19.1. The van der Waals surface area contributed by atoms with E-state index in [0.717, 1.165) is 11.1 Å². The minimum absolute atomic E-state index is 0.0193. The number of nitriles is 1. The van der Waals surface area contributed by atoms with Gasteiger partial charge in [0.15, 0.2) is 5.11 Å². The maximum atomic E-state index is 12.9.